The number of fused-ring (bicyclic) bond motifs is 1. The average molecular weight is 384 g/mol. The summed E-state index contributed by atoms with van der Waals surface area (Å²) in [5.74, 6) is 0.862. The molecular weight excluding hydrogens is 359 g/mol. The summed E-state index contributed by atoms with van der Waals surface area (Å²) in [4.78, 5) is 22.9. The number of halogens is 1. The maximum atomic E-state index is 13.1. The average Bonchev–Trinajstić information content (AvgIpc) is 3.34. The summed E-state index contributed by atoms with van der Waals surface area (Å²) in [6.07, 6.45) is 3.87. The molecule has 1 aromatic carbocycles. The minimum absolute atomic E-state index is 0.115. The molecule has 1 aromatic heterocycles. The Labute approximate surface area is 163 Å². The van der Waals surface area contributed by atoms with Gasteiger partial charge >= 0.3 is 0 Å². The lowest BCUT2D eigenvalue weighted by molar-refractivity contribution is -0.0581. The Hall–Kier alpha value is -2.25. The van der Waals surface area contributed by atoms with Crippen molar-refractivity contribution in [2.24, 2.45) is 5.92 Å². The van der Waals surface area contributed by atoms with E-state index in [4.69, 9.17) is 4.74 Å². The molecule has 0 unspecified atom stereocenters. The van der Waals surface area contributed by atoms with Crippen molar-refractivity contribution in [1.82, 2.24) is 20.2 Å². The van der Waals surface area contributed by atoms with Crippen LogP contribution in [0.2, 0.25) is 0 Å². The predicted octanol–water partition coefficient (Wildman–Crippen LogP) is 2.51. The highest BCUT2D eigenvalue weighted by atomic mass is 19.1. The first kappa shape index (κ1) is 17.8. The van der Waals surface area contributed by atoms with Gasteiger partial charge in [-0.1, -0.05) is 0 Å². The third-order valence-electron chi connectivity index (χ3n) is 6.15. The lowest BCUT2D eigenvalue weighted by atomic mass is 10.1. The molecule has 6 nitrogen and oxygen atoms in total. The number of nitrogens with zero attached hydrogens (tertiary/aromatic N) is 2. The number of hydrogen-bond donors (Lipinski definition) is 2. The number of nitrogens with one attached hydrogen (secondary N) is 2. The fourth-order valence-electron chi connectivity index (χ4n) is 4.44. The van der Waals surface area contributed by atoms with E-state index in [-0.39, 0.29) is 17.8 Å². The molecule has 2 N–H and O–H groups in total. The van der Waals surface area contributed by atoms with Crippen LogP contribution in [0.3, 0.4) is 0 Å². The highest BCUT2D eigenvalue weighted by molar-refractivity contribution is 5.94. The summed E-state index contributed by atoms with van der Waals surface area (Å²) in [7, 11) is 0. The number of aromatic nitrogens is 2. The van der Waals surface area contributed by atoms with Crippen molar-refractivity contribution < 1.29 is 13.9 Å². The minimum Gasteiger partial charge on any atom is -0.375 e. The van der Waals surface area contributed by atoms with Crippen molar-refractivity contribution >= 4 is 5.91 Å². The van der Waals surface area contributed by atoms with Gasteiger partial charge in [0.1, 0.15) is 17.3 Å². The maximum Gasteiger partial charge on any atom is 0.272 e. The molecule has 148 valence electrons. The van der Waals surface area contributed by atoms with E-state index in [9.17, 15) is 9.18 Å². The first-order valence-electron chi connectivity index (χ1n) is 10.1. The SMILES string of the molecule is Cc1[nH]c(-c2ccc(F)cc2)nc1C(=O)N[C@H]1C[C@H]2CO[C@@H](C3CC3)CN2C1. The second kappa shape index (κ2) is 6.97. The molecule has 1 saturated carbocycles. The number of aryl methyl sites for hydroxylation is 1. The van der Waals surface area contributed by atoms with E-state index in [2.05, 4.69) is 20.2 Å². The highest BCUT2D eigenvalue weighted by Crippen LogP contribution is 2.37. The van der Waals surface area contributed by atoms with E-state index < -0.39 is 0 Å². The summed E-state index contributed by atoms with van der Waals surface area (Å²) in [6, 6.07) is 6.60. The molecule has 5 rings (SSSR count). The highest BCUT2D eigenvalue weighted by Gasteiger charge is 2.42. The van der Waals surface area contributed by atoms with E-state index >= 15 is 0 Å². The normalized spacial score (nSPS) is 27.6. The van der Waals surface area contributed by atoms with Gasteiger partial charge in [0, 0.05) is 36.4 Å². The van der Waals surface area contributed by atoms with Gasteiger partial charge in [-0.15, -0.1) is 0 Å². The molecule has 3 atom stereocenters. The summed E-state index contributed by atoms with van der Waals surface area (Å²) in [5, 5.41) is 3.15. The van der Waals surface area contributed by atoms with E-state index in [1.54, 1.807) is 12.1 Å². The van der Waals surface area contributed by atoms with Gasteiger partial charge in [0.05, 0.1) is 12.7 Å². The number of rotatable bonds is 4. The number of morpholine rings is 1. The summed E-state index contributed by atoms with van der Waals surface area (Å²) in [6.45, 7) is 4.46. The van der Waals surface area contributed by atoms with Gasteiger partial charge in [0.25, 0.3) is 5.91 Å². The number of aromatic amines is 1. The second-order valence-electron chi connectivity index (χ2n) is 8.29. The fraction of sp³-hybridized carbons (Fsp3) is 0.524. The van der Waals surface area contributed by atoms with Crippen molar-refractivity contribution in [2.45, 2.75) is 44.4 Å². The number of imidazole rings is 1. The Balaban J connectivity index is 1.24. The molecule has 28 heavy (non-hydrogen) atoms. The van der Waals surface area contributed by atoms with Crippen LogP contribution in [0.25, 0.3) is 11.4 Å². The van der Waals surface area contributed by atoms with Crippen molar-refractivity contribution in [3.63, 3.8) is 0 Å². The number of carbonyl (C=O) groups excluding carboxylic acids is 1. The molecule has 3 heterocycles. The Morgan fingerprint density at radius 1 is 1.29 bits per heavy atom. The topological polar surface area (TPSA) is 70.2 Å². The molecule has 7 heteroatoms. The van der Waals surface area contributed by atoms with Crippen LogP contribution in [0.4, 0.5) is 4.39 Å². The molecule has 1 aliphatic carbocycles. The Kier molecular flexibility index (Phi) is 4.44. The monoisotopic (exact) mass is 384 g/mol. The zero-order chi connectivity index (χ0) is 19.3. The smallest absolute Gasteiger partial charge is 0.272 e. The second-order valence-corrected chi connectivity index (χ2v) is 8.29. The predicted molar refractivity (Wildman–Crippen MR) is 102 cm³/mol. The van der Waals surface area contributed by atoms with Gasteiger partial charge in [-0.05, 0) is 56.4 Å². The minimum atomic E-state index is -0.296. The Morgan fingerprint density at radius 3 is 2.82 bits per heavy atom. The maximum absolute atomic E-state index is 13.1. The molecule has 0 spiro atoms. The van der Waals surface area contributed by atoms with Crippen LogP contribution < -0.4 is 5.32 Å². The lowest BCUT2D eigenvalue weighted by Crippen LogP contribution is -2.47. The zero-order valence-electron chi connectivity index (χ0n) is 16.0. The number of hydrogen-bond acceptors (Lipinski definition) is 4. The Bertz CT molecular complexity index is 877. The number of H-pyrrole nitrogens is 1. The van der Waals surface area contributed by atoms with Gasteiger partial charge in [-0.25, -0.2) is 9.37 Å². The first-order chi connectivity index (χ1) is 13.6. The molecule has 3 aliphatic rings. The van der Waals surface area contributed by atoms with Crippen LogP contribution in [0, 0.1) is 18.7 Å². The summed E-state index contributed by atoms with van der Waals surface area (Å²) in [5.41, 5.74) is 1.87. The van der Waals surface area contributed by atoms with Crippen LogP contribution in [-0.2, 0) is 4.74 Å². The van der Waals surface area contributed by atoms with E-state index in [0.29, 0.717) is 29.4 Å². The molecule has 3 fully saturated rings. The van der Waals surface area contributed by atoms with Crippen LogP contribution >= 0.6 is 0 Å². The van der Waals surface area contributed by atoms with Crippen molar-refractivity contribution in [3.05, 3.63) is 41.5 Å². The largest absolute Gasteiger partial charge is 0.375 e. The van der Waals surface area contributed by atoms with Crippen molar-refractivity contribution in [1.29, 1.82) is 0 Å². The van der Waals surface area contributed by atoms with E-state index in [1.165, 1.54) is 25.0 Å². The van der Waals surface area contributed by atoms with Crippen LogP contribution in [0.1, 0.15) is 35.4 Å². The molecule has 0 bridgehead atoms. The lowest BCUT2D eigenvalue weighted by Gasteiger charge is -2.35. The molecule has 0 radical (unpaired) electrons. The standard InChI is InChI=1S/C21H25FN4O2/c1-12-19(25-20(23-12)14-4-6-15(22)7-5-14)21(27)24-16-8-17-11-28-18(13-2-3-13)10-26(17)9-16/h4-7,13,16-18H,2-3,8-11H2,1H3,(H,23,25)(H,24,27)/t16-,17-,18+/m0/s1. The Morgan fingerprint density at radius 2 is 2.07 bits per heavy atom. The summed E-state index contributed by atoms with van der Waals surface area (Å²) >= 11 is 0. The van der Waals surface area contributed by atoms with E-state index in [0.717, 1.165) is 37.6 Å². The number of carbonyl (C=O) groups is 1. The van der Waals surface area contributed by atoms with Gasteiger partial charge in [0.15, 0.2) is 0 Å². The van der Waals surface area contributed by atoms with Gasteiger partial charge in [-0.3, -0.25) is 9.69 Å². The van der Waals surface area contributed by atoms with Crippen molar-refractivity contribution in [3.8, 4) is 11.4 Å². The van der Waals surface area contributed by atoms with Gasteiger partial charge < -0.3 is 15.0 Å². The quantitative estimate of drug-likeness (QED) is 0.850. The van der Waals surface area contributed by atoms with Gasteiger partial charge in [0.2, 0.25) is 0 Å². The first-order valence-corrected chi connectivity index (χ1v) is 10.1. The van der Waals surface area contributed by atoms with E-state index in [1.807, 2.05) is 6.92 Å². The summed E-state index contributed by atoms with van der Waals surface area (Å²) < 4.78 is 19.2. The third kappa shape index (κ3) is 3.44. The van der Waals surface area contributed by atoms with Crippen LogP contribution in [0.5, 0.6) is 0 Å². The molecule has 2 aromatic rings. The van der Waals surface area contributed by atoms with Crippen molar-refractivity contribution in [2.75, 3.05) is 19.7 Å². The zero-order valence-corrected chi connectivity index (χ0v) is 16.0. The number of ether oxygens (including phenoxy) is 1. The number of benzene rings is 1. The number of amides is 1. The molecule has 2 saturated heterocycles. The fourth-order valence-corrected chi connectivity index (χ4v) is 4.44. The molecular formula is C21H25FN4O2. The van der Waals surface area contributed by atoms with Crippen LogP contribution in [-0.4, -0.2) is 58.7 Å². The molecule has 2 aliphatic heterocycles. The van der Waals surface area contributed by atoms with Gasteiger partial charge in [-0.2, -0.15) is 0 Å². The third-order valence-corrected chi connectivity index (χ3v) is 6.15. The van der Waals surface area contributed by atoms with Crippen LogP contribution in [0.15, 0.2) is 24.3 Å². The molecule has 1 amide bonds.